The van der Waals surface area contributed by atoms with E-state index in [1.807, 2.05) is 121 Å². The molecule has 1 unspecified atom stereocenters. The summed E-state index contributed by atoms with van der Waals surface area (Å²) in [5.74, 6) is -1.52. The number of benzene rings is 4. The highest BCUT2D eigenvalue weighted by atomic mass is 16.5. The van der Waals surface area contributed by atoms with Crippen molar-refractivity contribution in [2.75, 3.05) is 7.11 Å². The number of aliphatic imine (C=N–C) groups is 1. The van der Waals surface area contributed by atoms with Crippen LogP contribution in [0.15, 0.2) is 126 Å². The van der Waals surface area contributed by atoms with Crippen LogP contribution < -0.4 is 0 Å². The molecule has 5 heteroatoms. The van der Waals surface area contributed by atoms with Crippen LogP contribution in [0.25, 0.3) is 0 Å². The molecular formula is C32H29NO4. The second-order valence-corrected chi connectivity index (χ2v) is 8.55. The van der Waals surface area contributed by atoms with Crippen LogP contribution in [-0.4, -0.2) is 30.8 Å². The second-order valence-electron chi connectivity index (χ2n) is 8.55. The van der Waals surface area contributed by atoms with Gasteiger partial charge in [-0.1, -0.05) is 121 Å². The van der Waals surface area contributed by atoms with Crippen LogP contribution in [0.3, 0.4) is 0 Å². The zero-order valence-electron chi connectivity index (χ0n) is 20.7. The summed E-state index contributed by atoms with van der Waals surface area (Å²) in [4.78, 5) is 31.2. The van der Waals surface area contributed by atoms with E-state index in [0.717, 1.165) is 22.3 Å². The van der Waals surface area contributed by atoms with Crippen molar-refractivity contribution in [1.29, 1.82) is 0 Å². The Labute approximate surface area is 217 Å². The van der Waals surface area contributed by atoms with Gasteiger partial charge in [-0.25, -0.2) is 4.79 Å². The van der Waals surface area contributed by atoms with E-state index < -0.39 is 23.9 Å². The summed E-state index contributed by atoms with van der Waals surface area (Å²) in [6.07, 6.45) is -0.0308. The van der Waals surface area contributed by atoms with Crippen molar-refractivity contribution < 1.29 is 19.1 Å². The van der Waals surface area contributed by atoms with Crippen LogP contribution in [0.2, 0.25) is 0 Å². The lowest BCUT2D eigenvalue weighted by atomic mass is 9.88. The van der Waals surface area contributed by atoms with E-state index in [1.165, 1.54) is 7.11 Å². The van der Waals surface area contributed by atoms with Crippen molar-refractivity contribution in [2.45, 2.75) is 25.0 Å². The minimum Gasteiger partial charge on any atom is -0.467 e. The molecule has 0 radical (unpaired) electrons. The maximum atomic E-state index is 13.2. The summed E-state index contributed by atoms with van der Waals surface area (Å²) >= 11 is 0. The lowest BCUT2D eigenvalue weighted by Crippen LogP contribution is -2.31. The van der Waals surface area contributed by atoms with Gasteiger partial charge < -0.3 is 9.47 Å². The summed E-state index contributed by atoms with van der Waals surface area (Å²) in [5, 5.41) is 0. The highest BCUT2D eigenvalue weighted by molar-refractivity contribution is 6.13. The summed E-state index contributed by atoms with van der Waals surface area (Å²) in [6, 6.07) is 37.3. The molecule has 0 saturated carbocycles. The van der Waals surface area contributed by atoms with Gasteiger partial charge in [0.2, 0.25) is 0 Å². The molecule has 0 aliphatic heterocycles. The third kappa shape index (κ3) is 7.01. The third-order valence-corrected chi connectivity index (χ3v) is 6.04. The Morgan fingerprint density at radius 2 is 1.19 bits per heavy atom. The van der Waals surface area contributed by atoms with Crippen LogP contribution in [0.4, 0.5) is 0 Å². The maximum absolute atomic E-state index is 13.2. The van der Waals surface area contributed by atoms with Crippen LogP contribution in [-0.2, 0) is 25.7 Å². The minimum absolute atomic E-state index is 0.0308. The summed E-state index contributed by atoms with van der Waals surface area (Å²) in [5.41, 5.74) is 4.07. The van der Waals surface area contributed by atoms with Gasteiger partial charge in [-0.05, 0) is 11.1 Å². The van der Waals surface area contributed by atoms with Gasteiger partial charge in [-0.2, -0.15) is 0 Å². The molecule has 5 nitrogen and oxygen atoms in total. The van der Waals surface area contributed by atoms with Crippen molar-refractivity contribution in [3.05, 3.63) is 144 Å². The van der Waals surface area contributed by atoms with E-state index in [0.29, 0.717) is 5.71 Å². The largest absolute Gasteiger partial charge is 0.467 e. The molecule has 4 aromatic rings. The van der Waals surface area contributed by atoms with Crippen molar-refractivity contribution in [3.63, 3.8) is 0 Å². The first-order valence-electron chi connectivity index (χ1n) is 12.2. The van der Waals surface area contributed by atoms with Crippen molar-refractivity contribution in [2.24, 2.45) is 4.99 Å². The number of esters is 2. The standard InChI is InChI=1S/C32H29NO4/c1-36-32(35)31(33-30(26-18-10-4-11-19-26)27-20-12-5-13-21-27)28(25-16-8-3-9-17-25)22-29(34)37-23-24-14-6-2-7-15-24/h2-21,28,31H,22-23H2,1H3/t28?,31-/m0/s1. The number of ether oxygens (including phenoxy) is 2. The molecule has 4 aromatic carbocycles. The SMILES string of the molecule is COC(=O)[C@@H](N=C(c1ccccc1)c1ccccc1)C(CC(=O)OCc1ccccc1)c1ccccc1. The number of rotatable bonds is 10. The normalized spacial score (nSPS) is 12.1. The number of carbonyl (C=O) groups is 2. The van der Waals surface area contributed by atoms with Gasteiger partial charge >= 0.3 is 11.9 Å². The molecule has 0 N–H and O–H groups in total. The molecule has 37 heavy (non-hydrogen) atoms. The fourth-order valence-corrected chi connectivity index (χ4v) is 4.16. The highest BCUT2D eigenvalue weighted by Gasteiger charge is 2.33. The van der Waals surface area contributed by atoms with Gasteiger partial charge in [0.1, 0.15) is 6.61 Å². The fraction of sp³-hybridized carbons (Fsp3) is 0.156. The van der Waals surface area contributed by atoms with Crippen LogP contribution in [0.5, 0.6) is 0 Å². The Bertz CT molecular complexity index is 1260. The van der Waals surface area contributed by atoms with Crippen LogP contribution in [0, 0.1) is 0 Å². The molecule has 0 saturated heterocycles. The Morgan fingerprint density at radius 3 is 1.70 bits per heavy atom. The molecule has 0 heterocycles. The number of methoxy groups -OCH3 is 1. The van der Waals surface area contributed by atoms with Crippen molar-refractivity contribution >= 4 is 17.7 Å². The predicted molar refractivity (Wildman–Crippen MR) is 144 cm³/mol. The summed E-state index contributed by atoms with van der Waals surface area (Å²) < 4.78 is 10.8. The Kier molecular flexibility index (Phi) is 8.97. The molecule has 0 spiro atoms. The quantitative estimate of drug-likeness (QED) is 0.202. The predicted octanol–water partition coefficient (Wildman–Crippen LogP) is 5.98. The fourth-order valence-electron chi connectivity index (χ4n) is 4.16. The average Bonchev–Trinajstić information content (AvgIpc) is 2.97. The second kappa shape index (κ2) is 13.0. The van der Waals surface area contributed by atoms with Crippen molar-refractivity contribution in [3.8, 4) is 0 Å². The lowest BCUT2D eigenvalue weighted by molar-refractivity contribution is -0.146. The molecule has 186 valence electrons. The summed E-state index contributed by atoms with van der Waals surface area (Å²) in [7, 11) is 1.34. The van der Waals surface area contributed by atoms with Gasteiger partial charge in [0.05, 0.1) is 19.2 Å². The Morgan fingerprint density at radius 1 is 0.703 bits per heavy atom. The molecule has 0 amide bonds. The van der Waals surface area contributed by atoms with Crippen molar-refractivity contribution in [1.82, 2.24) is 0 Å². The molecule has 0 fully saturated rings. The first-order chi connectivity index (χ1) is 18.2. The molecule has 2 atom stereocenters. The number of hydrogen-bond donors (Lipinski definition) is 0. The first-order valence-corrected chi connectivity index (χ1v) is 12.2. The number of carbonyl (C=O) groups excluding carboxylic acids is 2. The lowest BCUT2D eigenvalue weighted by Gasteiger charge is -2.24. The van der Waals surface area contributed by atoms with E-state index in [1.54, 1.807) is 0 Å². The zero-order valence-corrected chi connectivity index (χ0v) is 20.7. The average molecular weight is 492 g/mol. The van der Waals surface area contributed by atoms with E-state index in [9.17, 15) is 9.59 Å². The smallest absolute Gasteiger partial charge is 0.331 e. The van der Waals surface area contributed by atoms with E-state index in [2.05, 4.69) is 0 Å². The maximum Gasteiger partial charge on any atom is 0.331 e. The molecular weight excluding hydrogens is 462 g/mol. The van der Waals surface area contributed by atoms with E-state index >= 15 is 0 Å². The topological polar surface area (TPSA) is 65.0 Å². The Hall–Kier alpha value is -4.51. The molecule has 0 aliphatic rings. The van der Waals surface area contributed by atoms with Crippen LogP contribution >= 0.6 is 0 Å². The molecule has 0 aliphatic carbocycles. The summed E-state index contributed by atoms with van der Waals surface area (Å²) in [6.45, 7) is 0.159. The third-order valence-electron chi connectivity index (χ3n) is 6.04. The zero-order chi connectivity index (χ0) is 25.9. The van der Waals surface area contributed by atoms with Gasteiger partial charge in [0.15, 0.2) is 6.04 Å². The van der Waals surface area contributed by atoms with Gasteiger partial charge in [-0.15, -0.1) is 0 Å². The highest BCUT2D eigenvalue weighted by Crippen LogP contribution is 2.29. The van der Waals surface area contributed by atoms with E-state index in [4.69, 9.17) is 14.5 Å². The molecule has 4 rings (SSSR count). The van der Waals surface area contributed by atoms with Gasteiger partial charge in [-0.3, -0.25) is 9.79 Å². The molecule has 0 aromatic heterocycles. The van der Waals surface area contributed by atoms with Crippen LogP contribution in [0.1, 0.15) is 34.6 Å². The minimum atomic E-state index is -0.966. The van der Waals surface area contributed by atoms with Gasteiger partial charge in [0, 0.05) is 17.0 Å². The van der Waals surface area contributed by atoms with E-state index in [-0.39, 0.29) is 13.0 Å². The monoisotopic (exact) mass is 491 g/mol. The number of hydrogen-bond acceptors (Lipinski definition) is 5. The first kappa shape index (κ1) is 25.6. The Balaban J connectivity index is 1.72. The molecule has 0 bridgehead atoms. The number of nitrogens with zero attached hydrogens (tertiary/aromatic N) is 1. The van der Waals surface area contributed by atoms with Gasteiger partial charge in [0.25, 0.3) is 0 Å².